The maximum atomic E-state index is 12.9. The maximum Gasteiger partial charge on any atom is 0.331 e. The summed E-state index contributed by atoms with van der Waals surface area (Å²) in [6.45, 7) is 0.765. The molecule has 3 aromatic rings. The minimum Gasteiger partial charge on any atom is -0.494 e. The first-order valence-corrected chi connectivity index (χ1v) is 10.4. The van der Waals surface area contributed by atoms with E-state index in [0.717, 1.165) is 61.7 Å². The number of nitrogens with zero attached hydrogens (tertiary/aromatic N) is 2. The number of rotatable bonds is 2. The van der Waals surface area contributed by atoms with E-state index < -0.39 is 17.3 Å². The minimum absolute atomic E-state index is 0.0667. The molecule has 1 saturated carbocycles. The summed E-state index contributed by atoms with van der Waals surface area (Å²) < 4.78 is 1.42. The van der Waals surface area contributed by atoms with E-state index in [0.29, 0.717) is 0 Å². The Morgan fingerprint density at radius 1 is 1.07 bits per heavy atom. The van der Waals surface area contributed by atoms with E-state index in [1.165, 1.54) is 10.1 Å². The number of likely N-dealkylation sites (N-methyl/N-ethyl adjacent to an activating group) is 1. The number of aromatic nitrogens is 3. The van der Waals surface area contributed by atoms with Crippen molar-refractivity contribution in [3.63, 3.8) is 0 Å². The molecule has 7 heteroatoms. The van der Waals surface area contributed by atoms with Crippen molar-refractivity contribution in [1.82, 2.24) is 19.4 Å². The molecule has 1 atom stereocenters. The summed E-state index contributed by atoms with van der Waals surface area (Å²) in [6, 6.07) is 7.61. The van der Waals surface area contributed by atoms with Crippen LogP contribution in [0.2, 0.25) is 0 Å². The summed E-state index contributed by atoms with van der Waals surface area (Å²) in [4.78, 5) is 33.5. The van der Waals surface area contributed by atoms with Crippen molar-refractivity contribution in [2.75, 3.05) is 13.6 Å². The lowest BCUT2D eigenvalue weighted by Crippen LogP contribution is -2.41. The molecule has 0 amide bonds. The van der Waals surface area contributed by atoms with Crippen LogP contribution in [0.15, 0.2) is 33.9 Å². The van der Waals surface area contributed by atoms with Crippen molar-refractivity contribution in [2.45, 2.75) is 50.6 Å². The van der Waals surface area contributed by atoms with E-state index in [1.807, 2.05) is 25.2 Å². The normalized spacial score (nSPS) is 20.8. The van der Waals surface area contributed by atoms with Gasteiger partial charge in [-0.3, -0.25) is 19.2 Å². The number of aromatic hydroxyl groups is 1. The van der Waals surface area contributed by atoms with Crippen LogP contribution in [0.3, 0.4) is 0 Å². The molecule has 2 aromatic heterocycles. The molecule has 152 valence electrons. The van der Waals surface area contributed by atoms with Crippen LogP contribution in [0.25, 0.3) is 10.9 Å². The number of fused-ring (bicyclic) bond motifs is 3. The molecule has 1 aromatic carbocycles. The highest BCUT2D eigenvalue weighted by Gasteiger charge is 2.35. The second kappa shape index (κ2) is 6.91. The van der Waals surface area contributed by atoms with Gasteiger partial charge in [0, 0.05) is 29.2 Å². The van der Waals surface area contributed by atoms with Crippen molar-refractivity contribution in [3.05, 3.63) is 61.9 Å². The molecule has 3 heterocycles. The Kier molecular flexibility index (Phi) is 4.35. The fourth-order valence-corrected chi connectivity index (χ4v) is 5.20. The van der Waals surface area contributed by atoms with Gasteiger partial charge < -0.3 is 10.1 Å². The maximum absolute atomic E-state index is 12.9. The topological polar surface area (TPSA) is 94.1 Å². The monoisotopic (exact) mass is 394 g/mol. The van der Waals surface area contributed by atoms with E-state index in [-0.39, 0.29) is 17.5 Å². The Bertz CT molecular complexity index is 1180. The Hall–Kier alpha value is -2.80. The van der Waals surface area contributed by atoms with Gasteiger partial charge in [-0.1, -0.05) is 37.5 Å². The minimum atomic E-state index is -0.515. The zero-order chi connectivity index (χ0) is 20.1. The number of hydrogen-bond donors (Lipinski definition) is 3. The molecule has 5 rings (SSSR count). The molecule has 1 fully saturated rings. The molecule has 3 N–H and O–H groups in total. The largest absolute Gasteiger partial charge is 0.494 e. The Balaban J connectivity index is 1.72. The highest BCUT2D eigenvalue weighted by molar-refractivity contribution is 5.85. The summed E-state index contributed by atoms with van der Waals surface area (Å²) in [5, 5.41) is 12.3. The molecule has 0 bridgehead atoms. The number of aromatic amines is 2. The highest BCUT2D eigenvalue weighted by atomic mass is 16.3. The third-order valence-corrected chi connectivity index (χ3v) is 6.64. The van der Waals surface area contributed by atoms with Gasteiger partial charge >= 0.3 is 5.69 Å². The lowest BCUT2D eigenvalue weighted by Gasteiger charge is -2.33. The SMILES string of the molecule is CN1CCc2c([nH]c3ccccc23)[C@@H]1c1c(O)n(C2CCCCC2)c(=O)[nH]c1=O. The Labute approximate surface area is 168 Å². The van der Waals surface area contributed by atoms with Gasteiger partial charge in [0.2, 0.25) is 5.88 Å². The lowest BCUT2D eigenvalue weighted by molar-refractivity contribution is 0.242. The Morgan fingerprint density at radius 2 is 1.83 bits per heavy atom. The number of benzene rings is 1. The average molecular weight is 394 g/mol. The second-order valence-electron chi connectivity index (χ2n) is 8.35. The van der Waals surface area contributed by atoms with Crippen molar-refractivity contribution in [3.8, 4) is 5.88 Å². The fraction of sp³-hybridized carbons (Fsp3) is 0.455. The third kappa shape index (κ3) is 2.83. The summed E-state index contributed by atoms with van der Waals surface area (Å²) >= 11 is 0. The summed E-state index contributed by atoms with van der Waals surface area (Å²) in [6.07, 6.45) is 5.76. The first-order chi connectivity index (χ1) is 14.1. The molecule has 0 radical (unpaired) electrons. The standard InChI is InChI=1S/C22H26N4O3/c1-25-12-11-15-14-9-5-6-10-16(14)23-18(15)19(25)17-20(27)24-22(29)26(21(17)28)13-7-3-2-4-8-13/h5-6,9-10,13,19,23,28H,2-4,7-8,11-12H2,1H3,(H,24,27,29)/t19-/m0/s1. The molecule has 0 unspecified atom stereocenters. The van der Waals surface area contributed by atoms with E-state index >= 15 is 0 Å². The fourth-order valence-electron chi connectivity index (χ4n) is 5.20. The quantitative estimate of drug-likeness (QED) is 0.623. The van der Waals surface area contributed by atoms with Crippen molar-refractivity contribution in [2.24, 2.45) is 0 Å². The number of nitrogens with one attached hydrogen (secondary N) is 2. The van der Waals surface area contributed by atoms with Crippen LogP contribution in [0, 0.1) is 0 Å². The third-order valence-electron chi connectivity index (χ3n) is 6.64. The summed E-state index contributed by atoms with van der Waals surface area (Å²) in [7, 11) is 1.95. The van der Waals surface area contributed by atoms with Gasteiger partial charge in [0.15, 0.2) is 0 Å². The lowest BCUT2D eigenvalue weighted by atomic mass is 9.92. The van der Waals surface area contributed by atoms with E-state index in [1.54, 1.807) is 0 Å². The van der Waals surface area contributed by atoms with Gasteiger partial charge in [-0.15, -0.1) is 0 Å². The first-order valence-electron chi connectivity index (χ1n) is 10.4. The average Bonchev–Trinajstić information content (AvgIpc) is 3.09. The van der Waals surface area contributed by atoms with Gasteiger partial charge in [0.25, 0.3) is 5.56 Å². The molecule has 0 saturated heterocycles. The van der Waals surface area contributed by atoms with E-state index in [4.69, 9.17) is 0 Å². The number of hydrogen-bond acceptors (Lipinski definition) is 4. The van der Waals surface area contributed by atoms with Gasteiger partial charge in [-0.25, -0.2) is 4.79 Å². The molecular formula is C22H26N4O3. The zero-order valence-electron chi connectivity index (χ0n) is 16.6. The van der Waals surface area contributed by atoms with Crippen LogP contribution < -0.4 is 11.2 Å². The van der Waals surface area contributed by atoms with Crippen molar-refractivity contribution in [1.29, 1.82) is 0 Å². The van der Waals surface area contributed by atoms with Gasteiger partial charge in [0.05, 0.1) is 6.04 Å². The number of para-hydroxylation sites is 1. The predicted octanol–water partition coefficient (Wildman–Crippen LogP) is 2.81. The summed E-state index contributed by atoms with van der Waals surface area (Å²) in [5.41, 5.74) is 2.36. The molecule has 7 nitrogen and oxygen atoms in total. The van der Waals surface area contributed by atoms with E-state index in [2.05, 4.69) is 20.9 Å². The van der Waals surface area contributed by atoms with Crippen LogP contribution >= 0.6 is 0 Å². The van der Waals surface area contributed by atoms with Crippen molar-refractivity contribution < 1.29 is 5.11 Å². The highest BCUT2D eigenvalue weighted by Crippen LogP contribution is 2.40. The smallest absolute Gasteiger partial charge is 0.331 e. The predicted molar refractivity (Wildman–Crippen MR) is 112 cm³/mol. The van der Waals surface area contributed by atoms with Crippen LogP contribution in [-0.4, -0.2) is 38.1 Å². The molecule has 29 heavy (non-hydrogen) atoms. The van der Waals surface area contributed by atoms with Gasteiger partial charge in [-0.05, 0) is 37.9 Å². The molecule has 1 aliphatic carbocycles. The van der Waals surface area contributed by atoms with Crippen LogP contribution in [0.5, 0.6) is 5.88 Å². The molecule has 2 aliphatic rings. The van der Waals surface area contributed by atoms with Gasteiger partial charge in [0.1, 0.15) is 5.56 Å². The molecule has 1 aliphatic heterocycles. The van der Waals surface area contributed by atoms with Gasteiger partial charge in [-0.2, -0.15) is 0 Å². The Morgan fingerprint density at radius 3 is 2.62 bits per heavy atom. The molecular weight excluding hydrogens is 368 g/mol. The summed E-state index contributed by atoms with van der Waals surface area (Å²) in [5.74, 6) is -0.186. The first kappa shape index (κ1) is 18.2. The van der Waals surface area contributed by atoms with Crippen LogP contribution in [-0.2, 0) is 6.42 Å². The second-order valence-corrected chi connectivity index (χ2v) is 8.35. The number of H-pyrrole nitrogens is 2. The van der Waals surface area contributed by atoms with Crippen LogP contribution in [0.1, 0.15) is 61.0 Å². The van der Waals surface area contributed by atoms with Crippen LogP contribution in [0.4, 0.5) is 0 Å². The van der Waals surface area contributed by atoms with E-state index in [9.17, 15) is 14.7 Å². The van der Waals surface area contributed by atoms with Crippen molar-refractivity contribution >= 4 is 10.9 Å². The molecule has 0 spiro atoms. The zero-order valence-corrected chi connectivity index (χ0v) is 16.6.